The maximum absolute atomic E-state index is 13.8. The minimum absolute atomic E-state index is 0.103. The maximum Gasteiger partial charge on any atom is 0.179 e. The molecule has 3 nitrogen and oxygen atoms in total. The van der Waals surface area contributed by atoms with Gasteiger partial charge in [0.2, 0.25) is 0 Å². The molecule has 108 valence electrons. The van der Waals surface area contributed by atoms with Gasteiger partial charge in [-0.2, -0.15) is 0 Å². The molecule has 1 unspecified atom stereocenters. The van der Waals surface area contributed by atoms with Crippen molar-refractivity contribution in [2.45, 2.75) is 43.0 Å². The molecule has 0 aliphatic rings. The molecule has 0 aliphatic carbocycles. The van der Waals surface area contributed by atoms with E-state index in [4.69, 9.17) is 0 Å². The molecule has 1 atom stereocenters. The van der Waals surface area contributed by atoms with Crippen LogP contribution in [0.15, 0.2) is 21.4 Å². The fourth-order valence-corrected chi connectivity index (χ4v) is 4.00. The Hall–Kier alpha value is -0.980. The van der Waals surface area contributed by atoms with Gasteiger partial charge in [0.1, 0.15) is 10.8 Å². The van der Waals surface area contributed by atoms with E-state index in [-0.39, 0.29) is 11.9 Å². The molecule has 0 spiro atoms. The van der Waals surface area contributed by atoms with Gasteiger partial charge in [0.25, 0.3) is 0 Å². The molecule has 0 radical (unpaired) electrons. The first-order valence-electron chi connectivity index (χ1n) is 6.52. The second-order valence-electron chi connectivity index (χ2n) is 4.61. The first-order chi connectivity index (χ1) is 9.51. The van der Waals surface area contributed by atoms with Gasteiger partial charge in [-0.15, -0.1) is 10.2 Å². The lowest BCUT2D eigenvalue weighted by atomic mass is 10.1. The molecule has 0 bridgehead atoms. The number of halogens is 1. The Morgan fingerprint density at radius 1 is 1.35 bits per heavy atom. The summed E-state index contributed by atoms with van der Waals surface area (Å²) in [5, 5.41) is 12.4. The number of hydrogen-bond donors (Lipinski definition) is 1. The van der Waals surface area contributed by atoms with Crippen LogP contribution < -0.4 is 5.32 Å². The Labute approximate surface area is 127 Å². The fraction of sp³-hybridized carbons (Fsp3) is 0.429. The molecule has 1 heterocycles. The number of rotatable bonds is 5. The average Bonchev–Trinajstić information content (AvgIpc) is 2.79. The number of aromatic nitrogens is 2. The Bertz CT molecular complexity index is 598. The van der Waals surface area contributed by atoms with Gasteiger partial charge < -0.3 is 5.32 Å². The number of aryl methyl sites for hydroxylation is 2. The molecule has 0 saturated heterocycles. The molecule has 1 aromatic heterocycles. The van der Waals surface area contributed by atoms with Gasteiger partial charge in [0.05, 0.1) is 0 Å². The normalized spacial score (nSPS) is 12.7. The van der Waals surface area contributed by atoms with Crippen molar-refractivity contribution in [3.8, 4) is 0 Å². The van der Waals surface area contributed by atoms with Crippen LogP contribution in [0.2, 0.25) is 0 Å². The van der Waals surface area contributed by atoms with Crippen molar-refractivity contribution in [1.82, 2.24) is 15.5 Å². The first-order valence-corrected chi connectivity index (χ1v) is 8.16. The summed E-state index contributed by atoms with van der Waals surface area (Å²) >= 11 is 3.10. The quantitative estimate of drug-likeness (QED) is 0.901. The Kier molecular flexibility index (Phi) is 5.12. The predicted octanol–water partition coefficient (Wildman–Crippen LogP) is 4.12. The fourth-order valence-electron chi connectivity index (χ4n) is 1.93. The van der Waals surface area contributed by atoms with E-state index in [1.165, 1.54) is 0 Å². The lowest BCUT2D eigenvalue weighted by molar-refractivity contribution is 0.571. The van der Waals surface area contributed by atoms with Gasteiger partial charge in [0.15, 0.2) is 4.34 Å². The number of nitrogens with one attached hydrogen (secondary N) is 1. The largest absolute Gasteiger partial charge is 0.310 e. The van der Waals surface area contributed by atoms with Crippen LogP contribution in [-0.4, -0.2) is 16.7 Å². The third-order valence-electron chi connectivity index (χ3n) is 2.97. The maximum atomic E-state index is 13.8. The van der Waals surface area contributed by atoms with Crippen molar-refractivity contribution < 1.29 is 4.39 Å². The zero-order valence-corrected chi connectivity index (χ0v) is 13.7. The van der Waals surface area contributed by atoms with E-state index in [0.717, 1.165) is 26.4 Å². The smallest absolute Gasteiger partial charge is 0.179 e. The first kappa shape index (κ1) is 15.4. The van der Waals surface area contributed by atoms with Crippen LogP contribution in [0.1, 0.15) is 36.0 Å². The molecule has 1 aromatic carbocycles. The lowest BCUT2D eigenvalue weighted by Gasteiger charge is -2.17. The standard InChI is InChI=1S/C14H18FN3S2/c1-5-16-9(3)11-7-12(15)8(2)6-13(11)20-14-18-17-10(4)19-14/h6-7,9,16H,5H2,1-4H3. The molecule has 0 amide bonds. The molecule has 0 fully saturated rings. The molecule has 0 saturated carbocycles. The number of hydrogen-bond acceptors (Lipinski definition) is 5. The number of benzene rings is 1. The van der Waals surface area contributed by atoms with E-state index in [2.05, 4.69) is 15.5 Å². The zero-order chi connectivity index (χ0) is 14.7. The monoisotopic (exact) mass is 311 g/mol. The SMILES string of the molecule is CCNC(C)c1cc(F)c(C)cc1Sc1nnc(C)s1. The van der Waals surface area contributed by atoms with Crippen LogP contribution in [0.4, 0.5) is 4.39 Å². The summed E-state index contributed by atoms with van der Waals surface area (Å²) in [7, 11) is 0. The van der Waals surface area contributed by atoms with Crippen LogP contribution in [-0.2, 0) is 0 Å². The van der Waals surface area contributed by atoms with Crippen LogP contribution in [0.25, 0.3) is 0 Å². The predicted molar refractivity (Wildman–Crippen MR) is 82.0 cm³/mol. The molecule has 1 N–H and O–H groups in total. The van der Waals surface area contributed by atoms with Crippen molar-refractivity contribution in [3.05, 3.63) is 34.1 Å². The van der Waals surface area contributed by atoms with Gasteiger partial charge >= 0.3 is 0 Å². The van der Waals surface area contributed by atoms with Gasteiger partial charge in [-0.25, -0.2) is 4.39 Å². The van der Waals surface area contributed by atoms with E-state index in [1.807, 2.05) is 26.8 Å². The van der Waals surface area contributed by atoms with Crippen LogP contribution >= 0.6 is 23.1 Å². The van der Waals surface area contributed by atoms with E-state index in [1.54, 1.807) is 36.1 Å². The molecular weight excluding hydrogens is 293 g/mol. The number of nitrogens with zero attached hydrogens (tertiary/aromatic N) is 2. The highest BCUT2D eigenvalue weighted by Crippen LogP contribution is 2.36. The minimum atomic E-state index is -0.164. The second-order valence-corrected chi connectivity index (χ2v) is 7.08. The second kappa shape index (κ2) is 6.65. The van der Waals surface area contributed by atoms with Crippen LogP contribution in [0.3, 0.4) is 0 Å². The van der Waals surface area contributed by atoms with Crippen LogP contribution in [0.5, 0.6) is 0 Å². The van der Waals surface area contributed by atoms with Crippen LogP contribution in [0, 0.1) is 19.7 Å². The van der Waals surface area contributed by atoms with Crippen molar-refractivity contribution in [2.75, 3.05) is 6.54 Å². The molecule has 2 rings (SSSR count). The van der Waals surface area contributed by atoms with Crippen molar-refractivity contribution >= 4 is 23.1 Å². The van der Waals surface area contributed by atoms with Gasteiger partial charge in [-0.05, 0) is 50.6 Å². The molecule has 6 heteroatoms. The van der Waals surface area contributed by atoms with E-state index < -0.39 is 0 Å². The van der Waals surface area contributed by atoms with Gasteiger partial charge in [0, 0.05) is 10.9 Å². The summed E-state index contributed by atoms with van der Waals surface area (Å²) in [6.07, 6.45) is 0. The Morgan fingerprint density at radius 3 is 2.70 bits per heavy atom. The molecule has 0 aliphatic heterocycles. The third-order valence-corrected chi connectivity index (χ3v) is 4.94. The topological polar surface area (TPSA) is 37.8 Å². The average molecular weight is 311 g/mol. The van der Waals surface area contributed by atoms with E-state index in [0.29, 0.717) is 5.56 Å². The summed E-state index contributed by atoms with van der Waals surface area (Å²) in [5.74, 6) is -0.164. The highest BCUT2D eigenvalue weighted by Gasteiger charge is 2.15. The summed E-state index contributed by atoms with van der Waals surface area (Å²) < 4.78 is 14.7. The molecule has 2 aromatic rings. The summed E-state index contributed by atoms with van der Waals surface area (Å²) in [6, 6.07) is 3.62. The lowest BCUT2D eigenvalue weighted by Crippen LogP contribution is -2.18. The van der Waals surface area contributed by atoms with Gasteiger partial charge in [-0.3, -0.25) is 0 Å². The Balaban J connectivity index is 2.36. The minimum Gasteiger partial charge on any atom is -0.310 e. The van der Waals surface area contributed by atoms with Crippen molar-refractivity contribution in [3.63, 3.8) is 0 Å². The van der Waals surface area contributed by atoms with Crippen molar-refractivity contribution in [2.24, 2.45) is 0 Å². The highest BCUT2D eigenvalue weighted by molar-refractivity contribution is 8.01. The van der Waals surface area contributed by atoms with E-state index in [9.17, 15) is 4.39 Å². The van der Waals surface area contributed by atoms with E-state index >= 15 is 0 Å². The van der Waals surface area contributed by atoms with Crippen molar-refractivity contribution in [1.29, 1.82) is 0 Å². The highest BCUT2D eigenvalue weighted by atomic mass is 32.2. The molecule has 20 heavy (non-hydrogen) atoms. The summed E-state index contributed by atoms with van der Waals surface area (Å²) in [4.78, 5) is 1.04. The zero-order valence-electron chi connectivity index (χ0n) is 12.0. The van der Waals surface area contributed by atoms with Gasteiger partial charge in [-0.1, -0.05) is 30.0 Å². The molecular formula is C14H18FN3S2. The Morgan fingerprint density at radius 2 is 2.10 bits per heavy atom. The summed E-state index contributed by atoms with van der Waals surface area (Å²) in [6.45, 7) is 8.65. The summed E-state index contributed by atoms with van der Waals surface area (Å²) in [5.41, 5.74) is 1.62. The third kappa shape index (κ3) is 3.56.